The summed E-state index contributed by atoms with van der Waals surface area (Å²) in [6, 6.07) is 11.0. The Morgan fingerprint density at radius 3 is 2.88 bits per heavy atom. The molecule has 1 unspecified atom stereocenters. The Morgan fingerprint density at radius 2 is 2.15 bits per heavy atom. The molecule has 1 amide bonds. The van der Waals surface area contributed by atoms with Crippen LogP contribution in [-0.2, 0) is 11.2 Å². The van der Waals surface area contributed by atoms with Gasteiger partial charge in [-0.15, -0.1) is 11.3 Å². The Morgan fingerprint density at radius 1 is 1.27 bits per heavy atom. The van der Waals surface area contributed by atoms with E-state index in [1.165, 1.54) is 47.9 Å². The summed E-state index contributed by atoms with van der Waals surface area (Å²) in [6.07, 6.45) is 2.81. The van der Waals surface area contributed by atoms with Crippen molar-refractivity contribution in [2.24, 2.45) is 5.92 Å². The molecule has 1 atom stereocenters. The topological polar surface area (TPSA) is 45.2 Å². The van der Waals surface area contributed by atoms with Crippen molar-refractivity contribution < 1.29 is 4.79 Å². The third-order valence-corrected chi connectivity index (χ3v) is 7.45. The highest BCUT2D eigenvalue weighted by Crippen LogP contribution is 2.31. The van der Waals surface area contributed by atoms with Crippen LogP contribution in [0.2, 0.25) is 0 Å². The van der Waals surface area contributed by atoms with E-state index in [-0.39, 0.29) is 5.91 Å². The van der Waals surface area contributed by atoms with Crippen molar-refractivity contribution in [1.29, 1.82) is 0 Å². The van der Waals surface area contributed by atoms with Crippen LogP contribution >= 0.6 is 22.9 Å². The van der Waals surface area contributed by atoms with Crippen LogP contribution in [0.5, 0.6) is 0 Å². The third-order valence-electron chi connectivity index (χ3n) is 5.68. The van der Waals surface area contributed by atoms with Crippen LogP contribution in [0.1, 0.15) is 18.5 Å². The van der Waals surface area contributed by atoms with Gasteiger partial charge in [0.1, 0.15) is 0 Å². The number of benzene rings is 1. The van der Waals surface area contributed by atoms with E-state index in [4.69, 9.17) is 0 Å². The van der Waals surface area contributed by atoms with E-state index in [2.05, 4.69) is 50.3 Å². The van der Waals surface area contributed by atoms with E-state index in [0.717, 1.165) is 22.3 Å². The van der Waals surface area contributed by atoms with E-state index in [1.807, 2.05) is 0 Å². The zero-order chi connectivity index (χ0) is 17.5. The summed E-state index contributed by atoms with van der Waals surface area (Å²) in [5, 5.41) is 6.48. The third kappa shape index (κ3) is 3.06. The number of nitrogens with one attached hydrogen (secondary N) is 1. The van der Waals surface area contributed by atoms with E-state index in [1.54, 1.807) is 11.3 Å². The predicted molar refractivity (Wildman–Crippen MR) is 108 cm³/mol. The second-order valence-electron chi connectivity index (χ2n) is 7.31. The highest BCUT2D eigenvalue weighted by molar-refractivity contribution is 7.14. The summed E-state index contributed by atoms with van der Waals surface area (Å²) in [5.74, 6) is 0.766. The molecule has 1 N–H and O–H groups in total. The number of amides is 1. The van der Waals surface area contributed by atoms with Crippen molar-refractivity contribution in [2.45, 2.75) is 25.3 Å². The molecule has 0 aliphatic carbocycles. The number of hydrogen-bond acceptors (Lipinski definition) is 5. The van der Waals surface area contributed by atoms with Gasteiger partial charge in [0.25, 0.3) is 0 Å². The number of rotatable bonds is 4. The van der Waals surface area contributed by atoms with Gasteiger partial charge in [0.05, 0.1) is 16.8 Å². The highest BCUT2D eigenvalue weighted by Gasteiger charge is 2.34. The average Bonchev–Trinajstić information content (AvgIpc) is 3.33. The van der Waals surface area contributed by atoms with Gasteiger partial charge in [0.15, 0.2) is 0 Å². The van der Waals surface area contributed by atoms with Gasteiger partial charge < -0.3 is 10.2 Å². The summed E-state index contributed by atoms with van der Waals surface area (Å²) in [6.45, 7) is 3.40. The maximum atomic E-state index is 12.6. The van der Waals surface area contributed by atoms with Crippen LogP contribution in [0.4, 0.5) is 0 Å². The summed E-state index contributed by atoms with van der Waals surface area (Å²) in [4.78, 5) is 16.3. The minimum atomic E-state index is 0.110. The van der Waals surface area contributed by atoms with Crippen molar-refractivity contribution in [3.05, 3.63) is 41.4 Å². The number of carbonyl (C=O) groups is 1. The fraction of sp³-hybridized carbons (Fsp3) is 0.400. The molecule has 134 valence electrons. The molecule has 6 rings (SSSR count). The summed E-state index contributed by atoms with van der Waals surface area (Å²) in [7, 11) is 0. The molecule has 0 saturated carbocycles. The van der Waals surface area contributed by atoms with Gasteiger partial charge >= 0.3 is 0 Å². The van der Waals surface area contributed by atoms with E-state index in [9.17, 15) is 4.79 Å². The first kappa shape index (κ1) is 16.4. The minimum Gasteiger partial charge on any atom is -0.351 e. The molecule has 6 heteroatoms. The fourth-order valence-electron chi connectivity index (χ4n) is 4.25. The van der Waals surface area contributed by atoms with Gasteiger partial charge in [-0.25, -0.2) is 0 Å². The first-order chi connectivity index (χ1) is 12.8. The number of piperidine rings is 3. The molecule has 3 saturated heterocycles. The molecule has 26 heavy (non-hydrogen) atoms. The summed E-state index contributed by atoms with van der Waals surface area (Å²) in [5.41, 5.74) is 2.13. The molecule has 2 bridgehead atoms. The monoisotopic (exact) mass is 383 g/mol. The van der Waals surface area contributed by atoms with Crippen LogP contribution in [0.15, 0.2) is 35.7 Å². The van der Waals surface area contributed by atoms with Gasteiger partial charge in [-0.05, 0) is 66.5 Å². The quantitative estimate of drug-likeness (QED) is 0.746. The minimum absolute atomic E-state index is 0.110. The van der Waals surface area contributed by atoms with Crippen LogP contribution in [0.3, 0.4) is 0 Å². The maximum Gasteiger partial charge on any atom is 0.226 e. The fourth-order valence-corrected chi connectivity index (χ4v) is 5.81. The lowest BCUT2D eigenvalue weighted by molar-refractivity contribution is -0.122. The molecule has 1 aromatic carbocycles. The van der Waals surface area contributed by atoms with Crippen LogP contribution in [-0.4, -0.2) is 40.9 Å². The first-order valence-electron chi connectivity index (χ1n) is 9.20. The molecular formula is C20H21N3OS2. The second-order valence-corrected chi connectivity index (χ2v) is 9.06. The van der Waals surface area contributed by atoms with Crippen molar-refractivity contribution in [3.63, 3.8) is 0 Å². The van der Waals surface area contributed by atoms with Crippen LogP contribution in [0, 0.1) is 5.92 Å². The van der Waals surface area contributed by atoms with Crippen molar-refractivity contribution >= 4 is 38.9 Å². The molecule has 0 radical (unpaired) electrons. The van der Waals surface area contributed by atoms with E-state index < -0.39 is 0 Å². The lowest BCUT2D eigenvalue weighted by Gasteiger charge is -2.44. The average molecular weight is 384 g/mol. The lowest BCUT2D eigenvalue weighted by atomic mass is 9.84. The molecule has 5 heterocycles. The second kappa shape index (κ2) is 6.76. The first-order valence-corrected chi connectivity index (χ1v) is 10.9. The predicted octanol–water partition coefficient (Wildman–Crippen LogP) is 3.78. The smallest absolute Gasteiger partial charge is 0.226 e. The number of hydrogen-bond donors (Lipinski definition) is 1. The Bertz CT molecular complexity index is 926. The number of aromatic nitrogens is 1. The standard InChI is InChI=1S/C20H21N3OS2/c24-20(21-17-12-23-7-5-13(17)6-8-23)11-16-15-4-3-14(10-19(15)26-22-16)18-2-1-9-25-18/h1-4,9-10,13,17H,5-8,11-12H2,(H,21,24). The molecule has 4 nitrogen and oxygen atoms in total. The molecule has 0 spiro atoms. The zero-order valence-electron chi connectivity index (χ0n) is 14.5. The van der Waals surface area contributed by atoms with Crippen LogP contribution in [0.25, 0.3) is 20.5 Å². The van der Waals surface area contributed by atoms with Gasteiger partial charge in [0, 0.05) is 22.8 Å². The molecular weight excluding hydrogens is 362 g/mol. The van der Waals surface area contributed by atoms with Gasteiger partial charge in [-0.3, -0.25) is 4.79 Å². The van der Waals surface area contributed by atoms with Crippen molar-refractivity contribution in [1.82, 2.24) is 14.6 Å². The summed E-state index contributed by atoms with van der Waals surface area (Å²) >= 11 is 3.24. The summed E-state index contributed by atoms with van der Waals surface area (Å²) < 4.78 is 5.73. The number of nitrogens with zero attached hydrogens (tertiary/aromatic N) is 2. The van der Waals surface area contributed by atoms with Gasteiger partial charge in [-0.1, -0.05) is 18.2 Å². The SMILES string of the molecule is O=C(Cc1nsc2cc(-c3cccs3)ccc12)NC1CN2CCC1CC2. The van der Waals surface area contributed by atoms with Gasteiger partial charge in [0.2, 0.25) is 5.91 Å². The molecule has 2 aromatic heterocycles. The molecule has 3 aromatic rings. The van der Waals surface area contributed by atoms with Crippen molar-refractivity contribution in [3.8, 4) is 10.4 Å². The van der Waals surface area contributed by atoms with E-state index >= 15 is 0 Å². The van der Waals surface area contributed by atoms with Crippen LogP contribution < -0.4 is 5.32 Å². The normalized spacial score (nSPS) is 24.8. The van der Waals surface area contributed by atoms with E-state index in [0.29, 0.717) is 18.4 Å². The lowest BCUT2D eigenvalue weighted by Crippen LogP contribution is -2.57. The van der Waals surface area contributed by atoms with Crippen molar-refractivity contribution in [2.75, 3.05) is 19.6 Å². The zero-order valence-corrected chi connectivity index (χ0v) is 16.1. The highest BCUT2D eigenvalue weighted by atomic mass is 32.1. The largest absolute Gasteiger partial charge is 0.351 e. The number of fused-ring (bicyclic) bond motifs is 4. The Balaban J connectivity index is 1.31. The Kier molecular flexibility index (Phi) is 4.27. The Labute approximate surface area is 161 Å². The molecule has 3 fully saturated rings. The molecule has 3 aliphatic heterocycles. The Hall–Kier alpha value is -1.76. The van der Waals surface area contributed by atoms with Gasteiger partial charge in [-0.2, -0.15) is 4.37 Å². The number of carbonyl (C=O) groups excluding carboxylic acids is 1. The maximum absolute atomic E-state index is 12.6. The molecule has 3 aliphatic rings. The number of thiophene rings is 1.